The van der Waals surface area contributed by atoms with Crippen molar-refractivity contribution >= 4 is 16.9 Å². The van der Waals surface area contributed by atoms with Gasteiger partial charge in [0, 0.05) is 18.5 Å². The van der Waals surface area contributed by atoms with E-state index in [1.54, 1.807) is 30.5 Å². The average Bonchev–Trinajstić information content (AvgIpc) is 3.57. The fraction of sp³-hybridized carbons (Fsp3) is 0.217. The first-order chi connectivity index (χ1) is 15.2. The van der Waals surface area contributed by atoms with Gasteiger partial charge in [-0.2, -0.15) is 15.0 Å². The number of amides is 1. The fourth-order valence-corrected chi connectivity index (χ4v) is 4.06. The number of hydrogen-bond acceptors (Lipinski definition) is 5. The number of fused-ring (bicyclic) bond motifs is 1. The average molecular weight is 412 g/mol. The predicted octanol–water partition coefficient (Wildman–Crippen LogP) is 2.99. The topological polar surface area (TPSA) is 88.9 Å². The van der Waals surface area contributed by atoms with Gasteiger partial charge in [0.1, 0.15) is 11.6 Å². The molecule has 3 heterocycles. The third-order valence-electron chi connectivity index (χ3n) is 5.59. The number of imidazole rings is 1. The standard InChI is InChI=1S/C23H20N6O2/c1-3-15-12-21(22-26-18-9-8-16(31-2)13-19(18)27-22)28(14-15)23(30)17-6-4-5-7-20(17)29-24-10-11-25-29/h1,4-11,13,15,21H,12,14H2,2H3,(H,26,27)/t15-,21+/m1/s1. The summed E-state index contributed by atoms with van der Waals surface area (Å²) in [6, 6.07) is 12.7. The number of nitrogens with zero attached hydrogens (tertiary/aromatic N) is 5. The fourth-order valence-electron chi connectivity index (χ4n) is 4.06. The van der Waals surface area contributed by atoms with Crippen molar-refractivity contribution in [3.05, 3.63) is 66.2 Å². The summed E-state index contributed by atoms with van der Waals surface area (Å²) in [6.45, 7) is 0.460. The molecule has 8 heteroatoms. The minimum absolute atomic E-state index is 0.0494. The number of hydrogen-bond donors (Lipinski definition) is 1. The van der Waals surface area contributed by atoms with Crippen molar-refractivity contribution in [3.63, 3.8) is 0 Å². The number of carbonyl (C=O) groups excluding carboxylic acids is 1. The van der Waals surface area contributed by atoms with Crippen LogP contribution in [0.15, 0.2) is 54.9 Å². The molecule has 8 nitrogen and oxygen atoms in total. The summed E-state index contributed by atoms with van der Waals surface area (Å²) in [5, 5.41) is 8.36. The highest BCUT2D eigenvalue weighted by Crippen LogP contribution is 2.36. The van der Waals surface area contributed by atoms with Gasteiger partial charge in [0.05, 0.1) is 47.8 Å². The number of ether oxygens (including phenoxy) is 1. The van der Waals surface area contributed by atoms with Crippen molar-refractivity contribution < 1.29 is 9.53 Å². The van der Waals surface area contributed by atoms with E-state index in [1.165, 1.54) is 4.80 Å². The van der Waals surface area contributed by atoms with Crippen molar-refractivity contribution in [1.82, 2.24) is 29.9 Å². The molecular formula is C23H20N6O2. The third kappa shape index (κ3) is 3.30. The summed E-state index contributed by atoms with van der Waals surface area (Å²) in [6.07, 6.45) is 9.54. The van der Waals surface area contributed by atoms with Gasteiger partial charge in [-0.05, 0) is 30.7 Å². The number of methoxy groups -OCH3 is 1. The Balaban J connectivity index is 1.54. The van der Waals surface area contributed by atoms with E-state index in [0.717, 1.165) is 16.8 Å². The first-order valence-electron chi connectivity index (χ1n) is 9.94. The monoisotopic (exact) mass is 412 g/mol. The minimum atomic E-state index is -0.259. The number of benzene rings is 2. The van der Waals surface area contributed by atoms with E-state index < -0.39 is 0 Å². The van der Waals surface area contributed by atoms with Gasteiger partial charge < -0.3 is 14.6 Å². The van der Waals surface area contributed by atoms with Gasteiger partial charge in [0.25, 0.3) is 5.91 Å². The smallest absolute Gasteiger partial charge is 0.256 e. The number of para-hydroxylation sites is 1. The second-order valence-corrected chi connectivity index (χ2v) is 7.41. The van der Waals surface area contributed by atoms with Crippen LogP contribution in [-0.2, 0) is 0 Å². The van der Waals surface area contributed by atoms with E-state index in [9.17, 15) is 4.79 Å². The highest BCUT2D eigenvalue weighted by molar-refractivity contribution is 5.98. The van der Waals surface area contributed by atoms with Gasteiger partial charge in [0.2, 0.25) is 0 Å². The number of likely N-dealkylation sites (tertiary alicyclic amines) is 1. The zero-order valence-corrected chi connectivity index (χ0v) is 16.9. The van der Waals surface area contributed by atoms with Gasteiger partial charge in [-0.3, -0.25) is 4.79 Å². The van der Waals surface area contributed by atoms with Crippen molar-refractivity contribution in [2.45, 2.75) is 12.5 Å². The molecule has 1 fully saturated rings. The Bertz CT molecular complexity index is 1290. The number of aromatic amines is 1. The highest BCUT2D eigenvalue weighted by atomic mass is 16.5. The predicted molar refractivity (Wildman–Crippen MR) is 115 cm³/mol. The molecule has 1 aliphatic heterocycles. The lowest BCUT2D eigenvalue weighted by molar-refractivity contribution is 0.0728. The molecule has 0 spiro atoms. The summed E-state index contributed by atoms with van der Waals surface area (Å²) < 4.78 is 5.30. The van der Waals surface area contributed by atoms with E-state index in [4.69, 9.17) is 16.1 Å². The van der Waals surface area contributed by atoms with Crippen LogP contribution in [0.2, 0.25) is 0 Å². The first kappa shape index (κ1) is 18.9. The molecule has 2 aromatic carbocycles. The minimum Gasteiger partial charge on any atom is -0.497 e. The van der Waals surface area contributed by atoms with E-state index in [-0.39, 0.29) is 17.9 Å². The Morgan fingerprint density at radius 1 is 1.23 bits per heavy atom. The molecule has 31 heavy (non-hydrogen) atoms. The molecule has 0 radical (unpaired) electrons. The molecule has 1 aliphatic rings. The number of aromatic nitrogens is 5. The van der Waals surface area contributed by atoms with Gasteiger partial charge in [-0.25, -0.2) is 4.98 Å². The Morgan fingerprint density at radius 3 is 2.81 bits per heavy atom. The van der Waals surface area contributed by atoms with Crippen LogP contribution in [0.4, 0.5) is 0 Å². The SMILES string of the molecule is C#C[C@@H]1C[C@@H](c2nc3ccc(OC)cc3[nH]2)N(C(=O)c2ccccc2-n2nccn2)C1. The van der Waals surface area contributed by atoms with Crippen molar-refractivity contribution in [2.75, 3.05) is 13.7 Å². The normalized spacial score (nSPS) is 18.3. The van der Waals surface area contributed by atoms with Crippen LogP contribution in [0.5, 0.6) is 5.75 Å². The second kappa shape index (κ2) is 7.61. The van der Waals surface area contributed by atoms with Crippen LogP contribution >= 0.6 is 0 Å². The van der Waals surface area contributed by atoms with E-state index >= 15 is 0 Å². The molecule has 1 N–H and O–H groups in total. The number of rotatable bonds is 4. The maximum Gasteiger partial charge on any atom is 0.256 e. The van der Waals surface area contributed by atoms with Crippen LogP contribution in [0.25, 0.3) is 16.7 Å². The zero-order chi connectivity index (χ0) is 21.4. The summed E-state index contributed by atoms with van der Waals surface area (Å²) in [7, 11) is 1.62. The largest absolute Gasteiger partial charge is 0.497 e. The number of nitrogens with one attached hydrogen (secondary N) is 1. The number of H-pyrrole nitrogens is 1. The van der Waals surface area contributed by atoms with E-state index in [1.807, 2.05) is 36.4 Å². The van der Waals surface area contributed by atoms with Gasteiger partial charge in [-0.1, -0.05) is 12.1 Å². The maximum absolute atomic E-state index is 13.7. The molecule has 0 aliphatic carbocycles. The maximum atomic E-state index is 13.7. The molecule has 1 amide bonds. The Kier molecular flexibility index (Phi) is 4.64. The first-order valence-corrected chi connectivity index (χ1v) is 9.94. The lowest BCUT2D eigenvalue weighted by Crippen LogP contribution is -2.32. The van der Waals surface area contributed by atoms with Gasteiger partial charge in [0.15, 0.2) is 0 Å². The molecule has 0 bridgehead atoms. The van der Waals surface area contributed by atoms with Crippen LogP contribution in [-0.4, -0.2) is 49.4 Å². The molecule has 0 saturated carbocycles. The summed E-state index contributed by atoms with van der Waals surface area (Å²) in [4.78, 5) is 25.0. The van der Waals surface area contributed by atoms with Crippen molar-refractivity contribution in [3.8, 4) is 23.8 Å². The lowest BCUT2D eigenvalue weighted by Gasteiger charge is -2.24. The summed E-state index contributed by atoms with van der Waals surface area (Å²) in [5.74, 6) is 4.08. The van der Waals surface area contributed by atoms with E-state index in [2.05, 4.69) is 21.1 Å². The van der Waals surface area contributed by atoms with Crippen LogP contribution < -0.4 is 4.74 Å². The lowest BCUT2D eigenvalue weighted by atomic mass is 10.1. The zero-order valence-electron chi connectivity index (χ0n) is 16.9. The molecule has 1 saturated heterocycles. The number of terminal acetylenes is 1. The Morgan fingerprint density at radius 2 is 2.03 bits per heavy atom. The van der Waals surface area contributed by atoms with Gasteiger partial charge >= 0.3 is 0 Å². The van der Waals surface area contributed by atoms with Gasteiger partial charge in [-0.15, -0.1) is 12.3 Å². The molecule has 5 rings (SSSR count). The Labute approximate surface area is 178 Å². The van der Waals surface area contributed by atoms with Crippen molar-refractivity contribution in [2.24, 2.45) is 5.92 Å². The van der Waals surface area contributed by atoms with Crippen LogP contribution in [0, 0.1) is 18.3 Å². The summed E-state index contributed by atoms with van der Waals surface area (Å²) >= 11 is 0. The molecule has 4 aromatic rings. The molecule has 2 aromatic heterocycles. The molecule has 2 atom stereocenters. The van der Waals surface area contributed by atoms with E-state index in [0.29, 0.717) is 30.0 Å². The molecular weight excluding hydrogens is 392 g/mol. The Hall–Kier alpha value is -4.12. The second-order valence-electron chi connectivity index (χ2n) is 7.41. The van der Waals surface area contributed by atoms with Crippen molar-refractivity contribution in [1.29, 1.82) is 0 Å². The molecule has 154 valence electrons. The number of carbonyl (C=O) groups is 1. The van der Waals surface area contributed by atoms with Crippen LogP contribution in [0.3, 0.4) is 0 Å². The highest BCUT2D eigenvalue weighted by Gasteiger charge is 2.38. The quantitative estimate of drug-likeness (QED) is 0.521. The third-order valence-corrected chi connectivity index (χ3v) is 5.59. The van der Waals surface area contributed by atoms with Crippen LogP contribution in [0.1, 0.15) is 28.6 Å². The summed E-state index contributed by atoms with van der Waals surface area (Å²) in [5.41, 5.74) is 2.80. The molecule has 0 unspecified atom stereocenters.